The lowest BCUT2D eigenvalue weighted by molar-refractivity contribution is -0.137. The van der Waals surface area contributed by atoms with Crippen LogP contribution >= 0.6 is 0 Å². The van der Waals surface area contributed by atoms with Gasteiger partial charge in [0, 0.05) is 13.1 Å². The first-order valence-corrected chi connectivity index (χ1v) is 6.57. The molecule has 1 atom stereocenters. The van der Waals surface area contributed by atoms with Crippen LogP contribution < -0.4 is 5.73 Å². The van der Waals surface area contributed by atoms with E-state index in [4.69, 9.17) is 5.73 Å². The summed E-state index contributed by atoms with van der Waals surface area (Å²) in [6.45, 7) is 3.15. The lowest BCUT2D eigenvalue weighted by Crippen LogP contribution is -2.21. The molecule has 0 spiro atoms. The second-order valence-electron chi connectivity index (χ2n) is 5.17. The normalized spacial score (nSPS) is 20.9. The van der Waals surface area contributed by atoms with E-state index >= 15 is 0 Å². The minimum absolute atomic E-state index is 0.567. The van der Waals surface area contributed by atoms with Gasteiger partial charge in [-0.25, -0.2) is 0 Å². The fourth-order valence-corrected chi connectivity index (χ4v) is 2.63. The van der Waals surface area contributed by atoms with Crippen LogP contribution in [0.4, 0.5) is 13.2 Å². The molecule has 1 unspecified atom stereocenters. The Kier molecular flexibility index (Phi) is 4.47. The molecule has 0 aliphatic carbocycles. The van der Waals surface area contributed by atoms with Crippen LogP contribution in [0.25, 0.3) is 0 Å². The van der Waals surface area contributed by atoms with E-state index in [1.165, 1.54) is 12.1 Å². The summed E-state index contributed by atoms with van der Waals surface area (Å²) < 4.78 is 37.8. The van der Waals surface area contributed by atoms with E-state index < -0.39 is 11.7 Å². The number of rotatable bonds is 4. The third-order valence-corrected chi connectivity index (χ3v) is 3.61. The Labute approximate surface area is 111 Å². The second kappa shape index (κ2) is 5.92. The summed E-state index contributed by atoms with van der Waals surface area (Å²) in [5.41, 5.74) is 5.69. The van der Waals surface area contributed by atoms with Crippen molar-refractivity contribution in [3.05, 3.63) is 35.4 Å². The first kappa shape index (κ1) is 14.3. The monoisotopic (exact) mass is 272 g/mol. The maximum atomic E-state index is 12.6. The maximum Gasteiger partial charge on any atom is 0.416 e. The average Bonchev–Trinajstić information content (AvgIpc) is 2.76. The van der Waals surface area contributed by atoms with Crippen molar-refractivity contribution in [2.75, 3.05) is 19.6 Å². The van der Waals surface area contributed by atoms with Crippen LogP contribution in [0.15, 0.2) is 24.3 Å². The Bertz CT molecular complexity index is 417. The minimum atomic E-state index is -4.26. The van der Waals surface area contributed by atoms with Crippen molar-refractivity contribution < 1.29 is 13.2 Å². The third-order valence-electron chi connectivity index (χ3n) is 3.61. The summed E-state index contributed by atoms with van der Waals surface area (Å²) in [6, 6.07) is 5.60. The molecular formula is C14H19F3N2. The molecular weight excluding hydrogens is 253 g/mol. The van der Waals surface area contributed by atoms with E-state index in [2.05, 4.69) is 4.90 Å². The first-order valence-electron chi connectivity index (χ1n) is 6.57. The summed E-state index contributed by atoms with van der Waals surface area (Å²) in [5.74, 6) is 0.593. The van der Waals surface area contributed by atoms with Gasteiger partial charge in [-0.1, -0.05) is 18.2 Å². The van der Waals surface area contributed by atoms with Gasteiger partial charge in [0.2, 0.25) is 0 Å². The topological polar surface area (TPSA) is 29.3 Å². The maximum absolute atomic E-state index is 12.6. The highest BCUT2D eigenvalue weighted by atomic mass is 19.4. The Morgan fingerprint density at radius 1 is 1.32 bits per heavy atom. The fraction of sp³-hybridized carbons (Fsp3) is 0.571. The van der Waals surface area contributed by atoms with Crippen LogP contribution in [0.2, 0.25) is 0 Å². The minimum Gasteiger partial charge on any atom is -0.330 e. The SMILES string of the molecule is NCCC1CCN(Cc2cccc(C(F)(F)F)c2)C1. The summed E-state index contributed by atoms with van der Waals surface area (Å²) >= 11 is 0. The summed E-state index contributed by atoms with van der Waals surface area (Å²) in [5, 5.41) is 0. The molecule has 0 aromatic heterocycles. The van der Waals surface area contributed by atoms with Gasteiger partial charge in [-0.15, -0.1) is 0 Å². The molecule has 0 bridgehead atoms. The van der Waals surface area contributed by atoms with E-state index in [1.54, 1.807) is 6.07 Å². The molecule has 2 N–H and O–H groups in total. The number of hydrogen-bond donors (Lipinski definition) is 1. The Morgan fingerprint density at radius 3 is 2.79 bits per heavy atom. The van der Waals surface area contributed by atoms with Gasteiger partial charge in [-0.3, -0.25) is 4.90 Å². The van der Waals surface area contributed by atoms with Gasteiger partial charge in [0.15, 0.2) is 0 Å². The van der Waals surface area contributed by atoms with Gasteiger partial charge in [0.25, 0.3) is 0 Å². The Hall–Kier alpha value is -1.07. The van der Waals surface area contributed by atoms with Gasteiger partial charge in [-0.2, -0.15) is 13.2 Å². The molecule has 0 saturated carbocycles. The highest BCUT2D eigenvalue weighted by Crippen LogP contribution is 2.30. The summed E-state index contributed by atoms with van der Waals surface area (Å²) in [4.78, 5) is 2.20. The molecule has 1 saturated heterocycles. The zero-order valence-corrected chi connectivity index (χ0v) is 10.8. The van der Waals surface area contributed by atoms with E-state index in [0.717, 1.165) is 37.6 Å². The van der Waals surface area contributed by atoms with Crippen molar-refractivity contribution in [3.8, 4) is 0 Å². The van der Waals surface area contributed by atoms with Crippen molar-refractivity contribution >= 4 is 0 Å². The second-order valence-corrected chi connectivity index (χ2v) is 5.17. The van der Waals surface area contributed by atoms with Crippen LogP contribution in [0, 0.1) is 5.92 Å². The highest BCUT2D eigenvalue weighted by molar-refractivity contribution is 5.25. The van der Waals surface area contributed by atoms with Crippen LogP contribution in [-0.4, -0.2) is 24.5 Å². The predicted octanol–water partition coefficient (Wildman–Crippen LogP) is 2.88. The summed E-state index contributed by atoms with van der Waals surface area (Å²) in [6.07, 6.45) is -2.17. The first-order chi connectivity index (χ1) is 8.99. The van der Waals surface area contributed by atoms with E-state index in [1.807, 2.05) is 0 Å². The molecule has 1 aliphatic rings. The highest BCUT2D eigenvalue weighted by Gasteiger charge is 2.30. The molecule has 1 aromatic rings. The van der Waals surface area contributed by atoms with Crippen molar-refractivity contribution in [2.24, 2.45) is 11.7 Å². The van der Waals surface area contributed by atoms with Gasteiger partial charge in [0.1, 0.15) is 0 Å². The smallest absolute Gasteiger partial charge is 0.330 e. The quantitative estimate of drug-likeness (QED) is 0.913. The standard InChI is InChI=1S/C14H19F3N2/c15-14(16,17)13-3-1-2-12(8-13)10-19-7-5-11(9-19)4-6-18/h1-3,8,11H,4-7,9-10,18H2. The molecule has 1 aliphatic heterocycles. The van der Waals surface area contributed by atoms with Gasteiger partial charge >= 0.3 is 6.18 Å². The van der Waals surface area contributed by atoms with Crippen LogP contribution in [0.3, 0.4) is 0 Å². The van der Waals surface area contributed by atoms with Crippen molar-refractivity contribution in [2.45, 2.75) is 25.6 Å². The number of benzene rings is 1. The fourth-order valence-electron chi connectivity index (χ4n) is 2.63. The number of nitrogens with two attached hydrogens (primary N) is 1. The largest absolute Gasteiger partial charge is 0.416 e. The number of alkyl halides is 3. The molecule has 19 heavy (non-hydrogen) atoms. The van der Waals surface area contributed by atoms with Gasteiger partial charge < -0.3 is 5.73 Å². The molecule has 1 heterocycles. The van der Waals surface area contributed by atoms with E-state index in [9.17, 15) is 13.2 Å². The lowest BCUT2D eigenvalue weighted by atomic mass is 10.1. The van der Waals surface area contributed by atoms with Gasteiger partial charge in [0.05, 0.1) is 5.56 Å². The molecule has 1 aromatic carbocycles. The number of hydrogen-bond acceptors (Lipinski definition) is 2. The molecule has 0 amide bonds. The molecule has 106 valence electrons. The summed E-state index contributed by atoms with van der Waals surface area (Å²) in [7, 11) is 0. The molecule has 5 heteroatoms. The molecule has 0 radical (unpaired) electrons. The van der Waals surface area contributed by atoms with E-state index in [-0.39, 0.29) is 0 Å². The van der Waals surface area contributed by atoms with Crippen LogP contribution in [-0.2, 0) is 12.7 Å². The number of nitrogens with zero attached hydrogens (tertiary/aromatic N) is 1. The average molecular weight is 272 g/mol. The number of likely N-dealkylation sites (tertiary alicyclic amines) is 1. The molecule has 1 fully saturated rings. The van der Waals surface area contributed by atoms with Crippen LogP contribution in [0.1, 0.15) is 24.0 Å². The van der Waals surface area contributed by atoms with Crippen molar-refractivity contribution in [1.82, 2.24) is 4.90 Å². The van der Waals surface area contributed by atoms with Crippen LogP contribution in [0.5, 0.6) is 0 Å². The molecule has 2 nitrogen and oxygen atoms in total. The lowest BCUT2D eigenvalue weighted by Gasteiger charge is -2.17. The van der Waals surface area contributed by atoms with E-state index in [0.29, 0.717) is 19.0 Å². The predicted molar refractivity (Wildman–Crippen MR) is 68.5 cm³/mol. The number of halogens is 3. The Morgan fingerprint density at radius 2 is 2.11 bits per heavy atom. The van der Waals surface area contributed by atoms with Gasteiger partial charge in [-0.05, 0) is 43.5 Å². The van der Waals surface area contributed by atoms with Crippen molar-refractivity contribution in [1.29, 1.82) is 0 Å². The third kappa shape index (κ3) is 3.94. The zero-order chi connectivity index (χ0) is 13.9. The Balaban J connectivity index is 1.97. The zero-order valence-electron chi connectivity index (χ0n) is 10.8. The molecule has 2 rings (SSSR count). The van der Waals surface area contributed by atoms with Crippen molar-refractivity contribution in [3.63, 3.8) is 0 Å².